The summed E-state index contributed by atoms with van der Waals surface area (Å²) in [7, 11) is 1.82. The molecule has 7 heteroatoms. The van der Waals surface area contributed by atoms with Crippen molar-refractivity contribution in [1.29, 1.82) is 0 Å². The van der Waals surface area contributed by atoms with Crippen LogP contribution in [0.4, 0.5) is 0 Å². The molecule has 0 aromatic carbocycles. The van der Waals surface area contributed by atoms with E-state index in [1.165, 1.54) is 13.0 Å². The van der Waals surface area contributed by atoms with Crippen LogP contribution in [0.3, 0.4) is 0 Å². The SMILES string of the molecule is CN=C(NCCCCN1CCOCC1)NCCc1csc(C)n1. The van der Waals surface area contributed by atoms with Crippen LogP contribution >= 0.6 is 11.3 Å². The van der Waals surface area contributed by atoms with Gasteiger partial charge in [-0.2, -0.15) is 0 Å². The summed E-state index contributed by atoms with van der Waals surface area (Å²) < 4.78 is 5.36. The number of nitrogens with one attached hydrogen (secondary N) is 2. The van der Waals surface area contributed by atoms with Crippen LogP contribution in [0.15, 0.2) is 10.4 Å². The molecule has 2 N–H and O–H groups in total. The standard InChI is InChI=1S/C16H29N5OS/c1-14-20-15(13-23-14)5-7-19-16(17-2)18-6-3-4-8-21-9-11-22-12-10-21/h13H,3-12H2,1-2H3,(H2,17,18,19). The lowest BCUT2D eigenvalue weighted by molar-refractivity contribution is 0.0372. The highest BCUT2D eigenvalue weighted by Gasteiger charge is 2.09. The zero-order valence-corrected chi connectivity index (χ0v) is 15.1. The number of hydrogen-bond acceptors (Lipinski definition) is 5. The molecule has 0 aliphatic carbocycles. The maximum Gasteiger partial charge on any atom is 0.190 e. The summed E-state index contributed by atoms with van der Waals surface area (Å²) in [5.74, 6) is 0.878. The number of aliphatic imine (C=N–C) groups is 1. The van der Waals surface area contributed by atoms with Crippen LogP contribution in [-0.4, -0.2) is 68.8 Å². The van der Waals surface area contributed by atoms with Gasteiger partial charge in [-0.15, -0.1) is 11.3 Å². The van der Waals surface area contributed by atoms with Gasteiger partial charge in [0.15, 0.2) is 5.96 Å². The van der Waals surface area contributed by atoms with Gasteiger partial charge in [0.1, 0.15) is 0 Å². The van der Waals surface area contributed by atoms with Crippen molar-refractivity contribution in [3.8, 4) is 0 Å². The van der Waals surface area contributed by atoms with E-state index in [4.69, 9.17) is 4.74 Å². The minimum atomic E-state index is 0.858. The van der Waals surface area contributed by atoms with Crippen LogP contribution in [0.2, 0.25) is 0 Å². The molecule has 1 saturated heterocycles. The predicted octanol–water partition coefficient (Wildman–Crippen LogP) is 1.27. The van der Waals surface area contributed by atoms with E-state index in [1.807, 2.05) is 14.0 Å². The Morgan fingerprint density at radius 3 is 2.78 bits per heavy atom. The quantitative estimate of drug-likeness (QED) is 0.424. The molecule has 1 aliphatic rings. The molecule has 0 atom stereocenters. The van der Waals surface area contributed by atoms with E-state index in [0.717, 1.165) is 68.9 Å². The van der Waals surface area contributed by atoms with Gasteiger partial charge in [0.2, 0.25) is 0 Å². The molecule has 0 unspecified atom stereocenters. The first-order chi connectivity index (χ1) is 11.3. The number of ether oxygens (including phenoxy) is 1. The normalized spacial score (nSPS) is 16.5. The third kappa shape index (κ3) is 7.28. The number of guanidine groups is 1. The third-order valence-electron chi connectivity index (χ3n) is 3.86. The van der Waals surface area contributed by atoms with E-state index in [-0.39, 0.29) is 0 Å². The molecule has 0 spiro atoms. The molecule has 1 aromatic rings. The molecule has 0 saturated carbocycles. The first-order valence-corrected chi connectivity index (χ1v) is 9.31. The maximum absolute atomic E-state index is 5.36. The number of unbranched alkanes of at least 4 members (excludes halogenated alkanes) is 1. The van der Waals surface area contributed by atoms with Crippen LogP contribution in [0.1, 0.15) is 23.5 Å². The number of nitrogens with zero attached hydrogens (tertiary/aromatic N) is 3. The zero-order valence-electron chi connectivity index (χ0n) is 14.3. The van der Waals surface area contributed by atoms with E-state index in [0.29, 0.717) is 0 Å². The molecule has 0 radical (unpaired) electrons. The smallest absolute Gasteiger partial charge is 0.190 e. The Balaban J connectivity index is 1.50. The van der Waals surface area contributed by atoms with Gasteiger partial charge >= 0.3 is 0 Å². The molecule has 23 heavy (non-hydrogen) atoms. The van der Waals surface area contributed by atoms with E-state index >= 15 is 0 Å². The van der Waals surface area contributed by atoms with Crippen molar-refractivity contribution < 1.29 is 4.74 Å². The molecular formula is C16H29N5OS. The summed E-state index contributed by atoms with van der Waals surface area (Å²) >= 11 is 1.70. The highest BCUT2D eigenvalue weighted by atomic mass is 32.1. The average Bonchev–Trinajstić information content (AvgIpc) is 2.99. The summed E-state index contributed by atoms with van der Waals surface area (Å²) in [6.45, 7) is 8.94. The molecule has 130 valence electrons. The fraction of sp³-hybridized carbons (Fsp3) is 0.750. The van der Waals surface area contributed by atoms with Gasteiger partial charge in [0.05, 0.1) is 23.9 Å². The summed E-state index contributed by atoms with van der Waals surface area (Å²) in [6, 6.07) is 0. The monoisotopic (exact) mass is 339 g/mol. The summed E-state index contributed by atoms with van der Waals surface area (Å²) in [5, 5.41) is 9.97. The van der Waals surface area contributed by atoms with Crippen molar-refractivity contribution in [1.82, 2.24) is 20.5 Å². The van der Waals surface area contributed by atoms with Gasteiger partial charge < -0.3 is 15.4 Å². The fourth-order valence-corrected chi connectivity index (χ4v) is 3.19. The Hall–Kier alpha value is -1.18. The van der Waals surface area contributed by atoms with Crippen molar-refractivity contribution in [2.24, 2.45) is 4.99 Å². The fourth-order valence-electron chi connectivity index (χ4n) is 2.54. The van der Waals surface area contributed by atoms with E-state index in [2.05, 4.69) is 30.9 Å². The number of hydrogen-bond donors (Lipinski definition) is 2. The zero-order chi connectivity index (χ0) is 16.3. The number of aryl methyl sites for hydroxylation is 1. The predicted molar refractivity (Wildman–Crippen MR) is 96.4 cm³/mol. The molecule has 2 heterocycles. The molecule has 2 rings (SSSR count). The van der Waals surface area contributed by atoms with Gasteiger partial charge in [-0.25, -0.2) is 4.98 Å². The average molecular weight is 340 g/mol. The van der Waals surface area contributed by atoms with Gasteiger partial charge in [-0.1, -0.05) is 0 Å². The van der Waals surface area contributed by atoms with E-state index in [9.17, 15) is 0 Å². The van der Waals surface area contributed by atoms with Gasteiger partial charge in [0.25, 0.3) is 0 Å². The Labute approximate surface area is 143 Å². The molecule has 1 aromatic heterocycles. The molecule has 0 amide bonds. The van der Waals surface area contributed by atoms with Crippen molar-refractivity contribution >= 4 is 17.3 Å². The van der Waals surface area contributed by atoms with Crippen LogP contribution in [0.25, 0.3) is 0 Å². The van der Waals surface area contributed by atoms with Crippen LogP contribution in [0.5, 0.6) is 0 Å². The van der Waals surface area contributed by atoms with Crippen LogP contribution in [0, 0.1) is 6.92 Å². The van der Waals surface area contributed by atoms with Crippen LogP contribution in [-0.2, 0) is 11.2 Å². The molecular weight excluding hydrogens is 310 g/mol. The molecule has 6 nitrogen and oxygen atoms in total. The first-order valence-electron chi connectivity index (χ1n) is 8.43. The van der Waals surface area contributed by atoms with Crippen molar-refractivity contribution in [3.63, 3.8) is 0 Å². The lowest BCUT2D eigenvalue weighted by Gasteiger charge is -2.26. The molecule has 1 fully saturated rings. The Morgan fingerprint density at radius 1 is 1.30 bits per heavy atom. The summed E-state index contributed by atoms with van der Waals surface area (Å²) in [4.78, 5) is 11.2. The summed E-state index contributed by atoms with van der Waals surface area (Å²) in [6.07, 6.45) is 3.30. The number of rotatable bonds is 8. The Kier molecular flexibility index (Phi) is 8.35. The van der Waals surface area contributed by atoms with E-state index in [1.54, 1.807) is 11.3 Å². The maximum atomic E-state index is 5.36. The second-order valence-electron chi connectivity index (χ2n) is 5.69. The van der Waals surface area contributed by atoms with E-state index < -0.39 is 0 Å². The highest BCUT2D eigenvalue weighted by molar-refractivity contribution is 7.09. The second-order valence-corrected chi connectivity index (χ2v) is 6.76. The first kappa shape index (κ1) is 18.2. The lowest BCUT2D eigenvalue weighted by atomic mass is 10.2. The van der Waals surface area contributed by atoms with Crippen molar-refractivity contribution in [3.05, 3.63) is 16.1 Å². The number of aromatic nitrogens is 1. The van der Waals surface area contributed by atoms with Gasteiger partial charge in [0, 0.05) is 45.0 Å². The van der Waals surface area contributed by atoms with Crippen molar-refractivity contribution in [2.45, 2.75) is 26.2 Å². The topological polar surface area (TPSA) is 61.8 Å². The number of thiazole rings is 1. The minimum absolute atomic E-state index is 0.858. The van der Waals surface area contributed by atoms with Gasteiger partial charge in [-0.3, -0.25) is 9.89 Å². The third-order valence-corrected chi connectivity index (χ3v) is 4.68. The number of morpholine rings is 1. The second kappa shape index (κ2) is 10.6. The van der Waals surface area contributed by atoms with Gasteiger partial charge in [-0.05, 0) is 26.3 Å². The minimum Gasteiger partial charge on any atom is -0.379 e. The summed E-state index contributed by atoms with van der Waals surface area (Å²) in [5.41, 5.74) is 1.15. The molecule has 0 bridgehead atoms. The highest BCUT2D eigenvalue weighted by Crippen LogP contribution is 2.07. The van der Waals surface area contributed by atoms with Crippen LogP contribution < -0.4 is 10.6 Å². The Morgan fingerprint density at radius 2 is 2.09 bits per heavy atom. The largest absolute Gasteiger partial charge is 0.379 e. The Bertz CT molecular complexity index is 471. The lowest BCUT2D eigenvalue weighted by Crippen LogP contribution is -2.39. The molecule has 1 aliphatic heterocycles. The van der Waals surface area contributed by atoms with Crippen molar-refractivity contribution in [2.75, 3.05) is 53.0 Å².